The molecular weight excluding hydrogens is 323 g/mol. The van der Waals surface area contributed by atoms with E-state index in [1.165, 1.54) is 24.7 Å². The summed E-state index contributed by atoms with van der Waals surface area (Å²) in [7, 11) is 0. The van der Waals surface area contributed by atoms with E-state index in [2.05, 4.69) is 5.32 Å². The third kappa shape index (κ3) is 5.45. The Morgan fingerprint density at radius 3 is 2.56 bits per heavy atom. The number of rotatable bonds is 8. The number of hydrogen-bond acceptors (Lipinski definition) is 3. The van der Waals surface area contributed by atoms with Gasteiger partial charge in [0.15, 0.2) is 0 Å². The molecule has 0 saturated heterocycles. The fraction of sp³-hybridized carbons (Fsp3) is 0.368. The minimum Gasteiger partial charge on any atom is -0.472 e. The lowest BCUT2D eigenvalue weighted by Gasteiger charge is -2.28. The van der Waals surface area contributed by atoms with E-state index in [-0.39, 0.29) is 30.1 Å². The highest BCUT2D eigenvalue weighted by Crippen LogP contribution is 2.12. The fourth-order valence-electron chi connectivity index (χ4n) is 2.41. The van der Waals surface area contributed by atoms with Gasteiger partial charge in [-0.3, -0.25) is 9.59 Å². The minimum atomic E-state index is -0.308. The SMILES string of the molecule is CC[C@H](C)N(CCC(=O)NCc1ccc(F)cc1)C(=O)c1ccoc1. The lowest BCUT2D eigenvalue weighted by Crippen LogP contribution is -2.40. The molecule has 1 atom stereocenters. The molecule has 0 unspecified atom stereocenters. The van der Waals surface area contributed by atoms with Crippen LogP contribution in [0.25, 0.3) is 0 Å². The zero-order chi connectivity index (χ0) is 18.2. The van der Waals surface area contributed by atoms with Gasteiger partial charge in [0.1, 0.15) is 12.1 Å². The summed E-state index contributed by atoms with van der Waals surface area (Å²) in [5.41, 5.74) is 1.30. The summed E-state index contributed by atoms with van der Waals surface area (Å²) in [5, 5.41) is 2.79. The van der Waals surface area contributed by atoms with E-state index in [1.807, 2.05) is 13.8 Å². The van der Waals surface area contributed by atoms with Crippen molar-refractivity contribution in [2.45, 2.75) is 39.3 Å². The number of amides is 2. The van der Waals surface area contributed by atoms with Crippen LogP contribution >= 0.6 is 0 Å². The molecule has 0 spiro atoms. The number of nitrogens with one attached hydrogen (secondary N) is 1. The second kappa shape index (κ2) is 9.01. The molecule has 25 heavy (non-hydrogen) atoms. The summed E-state index contributed by atoms with van der Waals surface area (Å²) >= 11 is 0. The molecule has 1 aromatic carbocycles. The Bertz CT molecular complexity index is 683. The van der Waals surface area contributed by atoms with Crippen LogP contribution < -0.4 is 5.32 Å². The third-order valence-corrected chi connectivity index (χ3v) is 4.13. The molecule has 0 aliphatic carbocycles. The highest BCUT2D eigenvalue weighted by atomic mass is 19.1. The first-order valence-electron chi connectivity index (χ1n) is 8.35. The Hall–Kier alpha value is -2.63. The zero-order valence-electron chi connectivity index (χ0n) is 14.5. The van der Waals surface area contributed by atoms with Gasteiger partial charge in [-0.2, -0.15) is 0 Å². The molecular formula is C19H23FN2O3. The van der Waals surface area contributed by atoms with Crippen molar-refractivity contribution in [3.8, 4) is 0 Å². The molecule has 0 fully saturated rings. The van der Waals surface area contributed by atoms with Crippen molar-refractivity contribution < 1.29 is 18.4 Å². The van der Waals surface area contributed by atoms with E-state index < -0.39 is 0 Å². The van der Waals surface area contributed by atoms with Crippen LogP contribution in [-0.4, -0.2) is 29.3 Å². The molecule has 2 aromatic rings. The minimum absolute atomic E-state index is 0.0206. The molecule has 1 aromatic heterocycles. The van der Waals surface area contributed by atoms with E-state index >= 15 is 0 Å². The molecule has 6 heteroatoms. The molecule has 2 amide bonds. The molecule has 0 aliphatic heterocycles. The predicted octanol–water partition coefficient (Wildman–Crippen LogP) is 3.37. The summed E-state index contributed by atoms with van der Waals surface area (Å²) in [6.07, 6.45) is 3.86. The van der Waals surface area contributed by atoms with Crippen LogP contribution in [0.1, 0.15) is 42.6 Å². The van der Waals surface area contributed by atoms with Gasteiger partial charge < -0.3 is 14.6 Å². The predicted molar refractivity (Wildman–Crippen MR) is 92.4 cm³/mol. The first kappa shape index (κ1) is 18.7. The van der Waals surface area contributed by atoms with Gasteiger partial charge in [-0.05, 0) is 37.1 Å². The quantitative estimate of drug-likeness (QED) is 0.797. The average Bonchev–Trinajstić information content (AvgIpc) is 3.15. The first-order chi connectivity index (χ1) is 12.0. The lowest BCUT2D eigenvalue weighted by atomic mass is 10.1. The van der Waals surface area contributed by atoms with Gasteiger partial charge in [-0.1, -0.05) is 19.1 Å². The third-order valence-electron chi connectivity index (χ3n) is 4.13. The molecule has 0 saturated carbocycles. The molecule has 5 nitrogen and oxygen atoms in total. The van der Waals surface area contributed by atoms with Gasteiger partial charge in [-0.25, -0.2) is 4.39 Å². The maximum absolute atomic E-state index is 12.9. The average molecular weight is 346 g/mol. The van der Waals surface area contributed by atoms with Gasteiger partial charge in [0, 0.05) is 25.6 Å². The van der Waals surface area contributed by atoms with Crippen LogP contribution in [0.15, 0.2) is 47.3 Å². The van der Waals surface area contributed by atoms with E-state index in [1.54, 1.807) is 23.1 Å². The Morgan fingerprint density at radius 1 is 1.24 bits per heavy atom. The first-order valence-corrected chi connectivity index (χ1v) is 8.35. The molecule has 2 rings (SSSR count). The summed E-state index contributed by atoms with van der Waals surface area (Å²) in [4.78, 5) is 26.3. The standard InChI is InChI=1S/C19H23FN2O3/c1-3-14(2)22(19(24)16-9-11-25-13-16)10-8-18(23)21-12-15-4-6-17(20)7-5-15/h4-7,9,11,13-14H,3,8,10,12H2,1-2H3,(H,21,23)/t14-/m0/s1. The summed E-state index contributed by atoms with van der Waals surface area (Å²) in [6, 6.07) is 7.61. The Morgan fingerprint density at radius 2 is 1.96 bits per heavy atom. The van der Waals surface area contributed by atoms with Gasteiger partial charge in [0.05, 0.1) is 11.8 Å². The van der Waals surface area contributed by atoms with Crippen LogP contribution in [0.4, 0.5) is 4.39 Å². The van der Waals surface area contributed by atoms with Crippen molar-refractivity contribution in [1.29, 1.82) is 0 Å². The molecule has 0 bridgehead atoms. The zero-order valence-corrected chi connectivity index (χ0v) is 14.5. The van der Waals surface area contributed by atoms with Crippen LogP contribution in [-0.2, 0) is 11.3 Å². The summed E-state index contributed by atoms with van der Waals surface area (Å²) in [6.45, 7) is 4.61. The number of furan rings is 1. The van der Waals surface area contributed by atoms with Crippen molar-refractivity contribution in [2.75, 3.05) is 6.54 Å². The monoisotopic (exact) mass is 346 g/mol. The Kier molecular flexibility index (Phi) is 6.74. The van der Waals surface area contributed by atoms with Crippen molar-refractivity contribution in [3.05, 3.63) is 59.8 Å². The fourth-order valence-corrected chi connectivity index (χ4v) is 2.41. The molecule has 0 aliphatic rings. The van der Waals surface area contributed by atoms with Crippen LogP contribution in [0.2, 0.25) is 0 Å². The number of carbonyl (C=O) groups is 2. The summed E-state index contributed by atoms with van der Waals surface area (Å²) < 4.78 is 17.8. The topological polar surface area (TPSA) is 62.6 Å². The van der Waals surface area contributed by atoms with Crippen LogP contribution in [0.3, 0.4) is 0 Å². The van der Waals surface area contributed by atoms with E-state index in [0.717, 1.165) is 12.0 Å². The Balaban J connectivity index is 1.87. The number of nitrogens with zero attached hydrogens (tertiary/aromatic N) is 1. The van der Waals surface area contributed by atoms with E-state index in [9.17, 15) is 14.0 Å². The van der Waals surface area contributed by atoms with Gasteiger partial charge in [0.2, 0.25) is 5.91 Å². The highest BCUT2D eigenvalue weighted by molar-refractivity contribution is 5.94. The molecule has 0 radical (unpaired) electrons. The molecule has 1 heterocycles. The highest BCUT2D eigenvalue weighted by Gasteiger charge is 2.21. The van der Waals surface area contributed by atoms with Gasteiger partial charge in [-0.15, -0.1) is 0 Å². The number of hydrogen-bond donors (Lipinski definition) is 1. The molecule has 1 N–H and O–H groups in total. The Labute approximate surface area is 146 Å². The van der Waals surface area contributed by atoms with Crippen molar-refractivity contribution >= 4 is 11.8 Å². The van der Waals surface area contributed by atoms with Crippen molar-refractivity contribution in [1.82, 2.24) is 10.2 Å². The van der Waals surface area contributed by atoms with Crippen LogP contribution in [0, 0.1) is 5.82 Å². The second-order valence-corrected chi connectivity index (χ2v) is 5.92. The van der Waals surface area contributed by atoms with Gasteiger partial charge in [0.25, 0.3) is 5.91 Å². The van der Waals surface area contributed by atoms with Gasteiger partial charge >= 0.3 is 0 Å². The number of carbonyl (C=O) groups excluding carboxylic acids is 2. The lowest BCUT2D eigenvalue weighted by molar-refractivity contribution is -0.121. The number of halogens is 1. The molecule has 134 valence electrons. The smallest absolute Gasteiger partial charge is 0.257 e. The van der Waals surface area contributed by atoms with Crippen molar-refractivity contribution in [3.63, 3.8) is 0 Å². The largest absolute Gasteiger partial charge is 0.472 e. The van der Waals surface area contributed by atoms with Crippen LogP contribution in [0.5, 0.6) is 0 Å². The summed E-state index contributed by atoms with van der Waals surface area (Å²) in [5.74, 6) is -0.607. The van der Waals surface area contributed by atoms with E-state index in [0.29, 0.717) is 18.7 Å². The maximum atomic E-state index is 12.9. The normalized spacial score (nSPS) is 11.8. The number of benzene rings is 1. The van der Waals surface area contributed by atoms with Crippen molar-refractivity contribution in [2.24, 2.45) is 0 Å². The maximum Gasteiger partial charge on any atom is 0.257 e. The van der Waals surface area contributed by atoms with E-state index in [4.69, 9.17) is 4.42 Å². The second-order valence-electron chi connectivity index (χ2n) is 5.92.